The van der Waals surface area contributed by atoms with Crippen LogP contribution in [0, 0.1) is 12.7 Å². The summed E-state index contributed by atoms with van der Waals surface area (Å²) >= 11 is 0. The zero-order valence-electron chi connectivity index (χ0n) is 10.7. The number of amides is 1. The highest BCUT2D eigenvalue weighted by Crippen LogP contribution is 2.08. The minimum Gasteiger partial charge on any atom is -0.396 e. The molecule has 0 bridgehead atoms. The van der Waals surface area contributed by atoms with Crippen molar-refractivity contribution in [3.8, 4) is 0 Å². The van der Waals surface area contributed by atoms with Crippen molar-refractivity contribution < 1.29 is 14.3 Å². The van der Waals surface area contributed by atoms with Gasteiger partial charge in [0.05, 0.1) is 0 Å². The number of benzene rings is 1. The molecule has 3 nitrogen and oxygen atoms in total. The average molecular weight is 253 g/mol. The van der Waals surface area contributed by atoms with E-state index in [0.717, 1.165) is 31.2 Å². The van der Waals surface area contributed by atoms with E-state index in [-0.39, 0.29) is 18.3 Å². The van der Waals surface area contributed by atoms with Crippen LogP contribution in [-0.2, 0) is 0 Å². The first kappa shape index (κ1) is 14.6. The van der Waals surface area contributed by atoms with E-state index in [0.29, 0.717) is 12.1 Å². The molecule has 1 rings (SSSR count). The van der Waals surface area contributed by atoms with Gasteiger partial charge in [-0.3, -0.25) is 4.79 Å². The molecule has 0 heterocycles. The number of aryl methyl sites for hydroxylation is 1. The van der Waals surface area contributed by atoms with Crippen molar-refractivity contribution in [2.45, 2.75) is 32.6 Å². The monoisotopic (exact) mass is 253 g/mol. The summed E-state index contributed by atoms with van der Waals surface area (Å²) in [5, 5.41) is 11.4. The van der Waals surface area contributed by atoms with Crippen molar-refractivity contribution in [1.29, 1.82) is 0 Å². The molecule has 0 unspecified atom stereocenters. The van der Waals surface area contributed by atoms with Crippen LogP contribution in [0.2, 0.25) is 0 Å². The number of carbonyl (C=O) groups is 1. The van der Waals surface area contributed by atoms with Crippen LogP contribution < -0.4 is 5.32 Å². The van der Waals surface area contributed by atoms with Crippen LogP contribution in [-0.4, -0.2) is 24.2 Å². The molecule has 1 aromatic rings. The van der Waals surface area contributed by atoms with Gasteiger partial charge in [0.15, 0.2) is 0 Å². The van der Waals surface area contributed by atoms with Crippen molar-refractivity contribution in [2.24, 2.45) is 0 Å². The van der Waals surface area contributed by atoms with Crippen LogP contribution in [0.1, 0.15) is 41.6 Å². The van der Waals surface area contributed by atoms with E-state index >= 15 is 0 Å². The SMILES string of the molecule is Cc1cc(F)cc(C(=O)NCCCCCCO)c1. The van der Waals surface area contributed by atoms with Crippen LogP contribution in [0.15, 0.2) is 18.2 Å². The molecule has 18 heavy (non-hydrogen) atoms. The van der Waals surface area contributed by atoms with E-state index < -0.39 is 0 Å². The van der Waals surface area contributed by atoms with E-state index in [1.54, 1.807) is 13.0 Å². The minimum atomic E-state index is -0.386. The first-order chi connectivity index (χ1) is 8.63. The van der Waals surface area contributed by atoms with Gasteiger partial charge in [0.25, 0.3) is 5.91 Å². The summed E-state index contributed by atoms with van der Waals surface area (Å²) in [4.78, 5) is 11.7. The third-order valence-corrected chi connectivity index (χ3v) is 2.67. The molecule has 0 aliphatic rings. The number of rotatable bonds is 7. The number of hydrogen-bond donors (Lipinski definition) is 2. The summed E-state index contributed by atoms with van der Waals surface area (Å²) in [5.74, 6) is -0.622. The highest BCUT2D eigenvalue weighted by molar-refractivity contribution is 5.94. The summed E-state index contributed by atoms with van der Waals surface area (Å²) < 4.78 is 13.1. The molecule has 0 aliphatic heterocycles. The molecule has 0 fully saturated rings. The van der Waals surface area contributed by atoms with E-state index in [1.807, 2.05) is 0 Å². The quantitative estimate of drug-likeness (QED) is 0.733. The van der Waals surface area contributed by atoms with Gasteiger partial charge in [0.2, 0.25) is 0 Å². The maximum absolute atomic E-state index is 13.1. The number of halogens is 1. The standard InChI is InChI=1S/C14H20FNO2/c1-11-8-12(10-13(15)9-11)14(18)16-6-4-2-3-5-7-17/h8-10,17H,2-7H2,1H3,(H,16,18). The van der Waals surface area contributed by atoms with Crippen LogP contribution in [0.25, 0.3) is 0 Å². The van der Waals surface area contributed by atoms with Crippen LogP contribution in [0.5, 0.6) is 0 Å². The number of unbranched alkanes of at least 4 members (excludes halogenated alkanes) is 3. The topological polar surface area (TPSA) is 49.3 Å². The molecule has 0 radical (unpaired) electrons. The van der Waals surface area contributed by atoms with Crippen molar-refractivity contribution in [3.05, 3.63) is 35.1 Å². The normalized spacial score (nSPS) is 10.4. The summed E-state index contributed by atoms with van der Waals surface area (Å²) in [6.45, 7) is 2.56. The number of nitrogens with one attached hydrogen (secondary N) is 1. The van der Waals surface area contributed by atoms with Crippen molar-refractivity contribution in [3.63, 3.8) is 0 Å². The van der Waals surface area contributed by atoms with Gasteiger partial charge in [-0.25, -0.2) is 4.39 Å². The maximum Gasteiger partial charge on any atom is 0.251 e. The van der Waals surface area contributed by atoms with E-state index in [2.05, 4.69) is 5.32 Å². The highest BCUT2D eigenvalue weighted by atomic mass is 19.1. The number of aliphatic hydroxyl groups excluding tert-OH is 1. The Morgan fingerprint density at radius 3 is 2.61 bits per heavy atom. The number of carbonyl (C=O) groups excluding carboxylic acids is 1. The average Bonchev–Trinajstić information content (AvgIpc) is 2.32. The summed E-state index contributed by atoms with van der Waals surface area (Å²) in [6, 6.07) is 4.31. The molecular formula is C14H20FNO2. The molecule has 0 saturated heterocycles. The molecule has 100 valence electrons. The Morgan fingerprint density at radius 2 is 1.94 bits per heavy atom. The zero-order valence-corrected chi connectivity index (χ0v) is 10.7. The molecule has 4 heteroatoms. The predicted octanol–water partition coefficient (Wildman–Crippen LogP) is 2.42. The van der Waals surface area contributed by atoms with Gasteiger partial charge in [-0.05, 0) is 43.5 Å². The Hall–Kier alpha value is -1.42. The third kappa shape index (κ3) is 5.27. The Balaban J connectivity index is 2.32. The lowest BCUT2D eigenvalue weighted by molar-refractivity contribution is 0.0952. The number of hydrogen-bond acceptors (Lipinski definition) is 2. The fourth-order valence-electron chi connectivity index (χ4n) is 1.76. The van der Waals surface area contributed by atoms with Crippen molar-refractivity contribution in [1.82, 2.24) is 5.32 Å². The summed E-state index contributed by atoms with van der Waals surface area (Å²) in [5.41, 5.74) is 1.10. The van der Waals surface area contributed by atoms with Crippen molar-refractivity contribution >= 4 is 5.91 Å². The largest absolute Gasteiger partial charge is 0.396 e. The number of aliphatic hydroxyl groups is 1. The van der Waals surface area contributed by atoms with Crippen LogP contribution in [0.4, 0.5) is 4.39 Å². The minimum absolute atomic E-state index is 0.217. The summed E-state index contributed by atoms with van der Waals surface area (Å²) in [6.07, 6.45) is 3.62. The van der Waals surface area contributed by atoms with Gasteiger partial charge in [-0.15, -0.1) is 0 Å². The smallest absolute Gasteiger partial charge is 0.251 e. The van der Waals surface area contributed by atoms with Gasteiger partial charge in [0, 0.05) is 18.7 Å². The molecule has 1 amide bonds. The summed E-state index contributed by atoms with van der Waals surface area (Å²) in [7, 11) is 0. The fraction of sp³-hybridized carbons (Fsp3) is 0.500. The maximum atomic E-state index is 13.1. The molecule has 2 N–H and O–H groups in total. The molecule has 0 atom stereocenters. The lowest BCUT2D eigenvalue weighted by Crippen LogP contribution is -2.24. The van der Waals surface area contributed by atoms with Gasteiger partial charge in [0.1, 0.15) is 5.82 Å². The van der Waals surface area contributed by atoms with Gasteiger partial charge >= 0.3 is 0 Å². The molecule has 1 aromatic carbocycles. The Labute approximate surface area is 107 Å². The second-order valence-electron chi connectivity index (χ2n) is 4.41. The van der Waals surface area contributed by atoms with Gasteiger partial charge in [-0.2, -0.15) is 0 Å². The van der Waals surface area contributed by atoms with E-state index in [1.165, 1.54) is 12.1 Å². The van der Waals surface area contributed by atoms with Crippen LogP contribution >= 0.6 is 0 Å². The molecule has 0 saturated carbocycles. The Kier molecular flexibility index (Phi) is 6.36. The lowest BCUT2D eigenvalue weighted by Gasteiger charge is -2.06. The van der Waals surface area contributed by atoms with Gasteiger partial charge in [-0.1, -0.05) is 12.8 Å². The van der Waals surface area contributed by atoms with Crippen LogP contribution in [0.3, 0.4) is 0 Å². The second kappa shape index (κ2) is 7.82. The zero-order chi connectivity index (χ0) is 13.4. The lowest BCUT2D eigenvalue weighted by atomic mass is 10.1. The first-order valence-electron chi connectivity index (χ1n) is 6.29. The molecular weight excluding hydrogens is 233 g/mol. The van der Waals surface area contributed by atoms with Gasteiger partial charge < -0.3 is 10.4 Å². The Bertz CT molecular complexity index is 373. The van der Waals surface area contributed by atoms with Crippen molar-refractivity contribution in [2.75, 3.05) is 13.2 Å². The fourth-order valence-corrected chi connectivity index (χ4v) is 1.76. The Morgan fingerprint density at radius 1 is 1.22 bits per heavy atom. The van der Waals surface area contributed by atoms with E-state index in [9.17, 15) is 9.18 Å². The first-order valence-corrected chi connectivity index (χ1v) is 6.29. The molecule has 0 spiro atoms. The molecule has 0 aliphatic carbocycles. The van der Waals surface area contributed by atoms with E-state index in [4.69, 9.17) is 5.11 Å². The third-order valence-electron chi connectivity index (χ3n) is 2.67. The predicted molar refractivity (Wildman–Crippen MR) is 69.0 cm³/mol. The molecule has 0 aromatic heterocycles. The highest BCUT2D eigenvalue weighted by Gasteiger charge is 2.06. The second-order valence-corrected chi connectivity index (χ2v) is 4.41.